The van der Waals surface area contributed by atoms with Crippen molar-refractivity contribution in [1.82, 2.24) is 9.55 Å². The van der Waals surface area contributed by atoms with Crippen LogP contribution < -0.4 is 0 Å². The predicted molar refractivity (Wildman–Crippen MR) is 117 cm³/mol. The van der Waals surface area contributed by atoms with Crippen LogP contribution >= 0.6 is 22.7 Å². The summed E-state index contributed by atoms with van der Waals surface area (Å²) in [6.45, 7) is 0. The number of nitrogens with zero attached hydrogens (tertiary/aromatic N) is 2. The van der Waals surface area contributed by atoms with Crippen molar-refractivity contribution in [3.63, 3.8) is 0 Å². The second-order valence-corrected chi connectivity index (χ2v) is 8.89. The lowest BCUT2D eigenvalue weighted by Crippen LogP contribution is -1.99. The molecule has 0 atom stereocenters. The van der Waals surface area contributed by atoms with E-state index >= 15 is 0 Å². The fourth-order valence-electron chi connectivity index (χ4n) is 3.75. The molecule has 4 nitrogen and oxygen atoms in total. The number of benzene rings is 1. The molecule has 0 fully saturated rings. The number of carbonyl (C=O) groups excluding carboxylic acids is 2. The van der Waals surface area contributed by atoms with Crippen LogP contribution in [0.15, 0.2) is 71.9 Å². The SMILES string of the molecule is O=C1/C(=C/c2ccc(-n3ccc4cccnc43)s2)C(=O)c2cc3sccc3cc21. The van der Waals surface area contributed by atoms with Crippen molar-refractivity contribution in [2.75, 3.05) is 0 Å². The number of aromatic nitrogens is 2. The summed E-state index contributed by atoms with van der Waals surface area (Å²) in [6, 6.07) is 15.5. The smallest absolute Gasteiger partial charge is 0.197 e. The van der Waals surface area contributed by atoms with E-state index in [0.29, 0.717) is 11.1 Å². The van der Waals surface area contributed by atoms with E-state index in [-0.39, 0.29) is 17.1 Å². The number of allylic oxidation sites excluding steroid dienone is 1. The van der Waals surface area contributed by atoms with Crippen LogP contribution in [0.3, 0.4) is 0 Å². The van der Waals surface area contributed by atoms with Gasteiger partial charge in [0.1, 0.15) is 10.6 Å². The number of thiophene rings is 2. The Morgan fingerprint density at radius 1 is 0.931 bits per heavy atom. The molecule has 1 aliphatic carbocycles. The summed E-state index contributed by atoms with van der Waals surface area (Å²) >= 11 is 3.10. The number of hydrogen-bond acceptors (Lipinski definition) is 5. The summed E-state index contributed by atoms with van der Waals surface area (Å²) in [5.41, 5.74) is 2.13. The number of fused-ring (bicyclic) bond motifs is 3. The first-order chi connectivity index (χ1) is 14.2. The quantitative estimate of drug-likeness (QED) is 0.273. The number of pyridine rings is 1. The molecule has 0 aliphatic heterocycles. The van der Waals surface area contributed by atoms with Gasteiger partial charge in [-0.15, -0.1) is 22.7 Å². The normalized spacial score (nSPS) is 15.1. The summed E-state index contributed by atoms with van der Waals surface area (Å²) in [7, 11) is 0. The summed E-state index contributed by atoms with van der Waals surface area (Å²) in [4.78, 5) is 31.1. The molecule has 5 aromatic rings. The number of carbonyl (C=O) groups is 2. The highest BCUT2D eigenvalue weighted by Crippen LogP contribution is 2.34. The van der Waals surface area contributed by atoms with Gasteiger partial charge in [-0.25, -0.2) is 4.98 Å². The Hall–Kier alpha value is -3.35. The Balaban J connectivity index is 1.41. The fraction of sp³-hybridized carbons (Fsp3) is 0. The number of Topliss-reactive ketones (excluding diaryl/α,β-unsaturated/α-hetero) is 2. The van der Waals surface area contributed by atoms with Gasteiger partial charge in [-0.1, -0.05) is 0 Å². The molecule has 0 spiro atoms. The van der Waals surface area contributed by atoms with Crippen molar-refractivity contribution >= 4 is 61.4 Å². The Morgan fingerprint density at radius 3 is 2.69 bits per heavy atom. The lowest BCUT2D eigenvalue weighted by molar-refractivity contribution is 0.0990. The molecule has 0 N–H and O–H groups in total. The maximum Gasteiger partial charge on any atom is 0.197 e. The average Bonchev–Trinajstić information content (AvgIpc) is 3.50. The van der Waals surface area contributed by atoms with Crippen molar-refractivity contribution in [2.45, 2.75) is 0 Å². The fourth-order valence-corrected chi connectivity index (χ4v) is 5.49. The van der Waals surface area contributed by atoms with E-state index in [1.807, 2.05) is 64.7 Å². The van der Waals surface area contributed by atoms with Crippen molar-refractivity contribution in [3.05, 3.63) is 87.9 Å². The van der Waals surface area contributed by atoms with Crippen molar-refractivity contribution in [3.8, 4) is 5.00 Å². The molecule has 138 valence electrons. The second-order valence-electron chi connectivity index (χ2n) is 6.85. The summed E-state index contributed by atoms with van der Waals surface area (Å²) in [5, 5.41) is 5.03. The number of ketones is 2. The summed E-state index contributed by atoms with van der Waals surface area (Å²) in [6.07, 6.45) is 5.47. The molecule has 4 aromatic heterocycles. The van der Waals surface area contributed by atoms with Crippen LogP contribution in [-0.2, 0) is 0 Å². The van der Waals surface area contributed by atoms with Gasteiger partial charge in [0.15, 0.2) is 11.6 Å². The minimum Gasteiger partial charge on any atom is -0.292 e. The largest absolute Gasteiger partial charge is 0.292 e. The molecular formula is C23H12N2O2S2. The third kappa shape index (κ3) is 2.46. The van der Waals surface area contributed by atoms with Gasteiger partial charge in [0.05, 0.1) is 5.57 Å². The van der Waals surface area contributed by atoms with Crippen molar-refractivity contribution in [2.24, 2.45) is 0 Å². The van der Waals surface area contributed by atoms with Gasteiger partial charge >= 0.3 is 0 Å². The Bertz CT molecular complexity index is 1450. The third-order valence-corrected chi connectivity index (χ3v) is 7.07. The number of hydrogen-bond donors (Lipinski definition) is 0. The zero-order valence-corrected chi connectivity index (χ0v) is 16.6. The Labute approximate surface area is 173 Å². The Morgan fingerprint density at radius 2 is 1.79 bits per heavy atom. The highest BCUT2D eigenvalue weighted by Gasteiger charge is 2.33. The van der Waals surface area contributed by atoms with Crippen molar-refractivity contribution in [1.29, 1.82) is 0 Å². The van der Waals surface area contributed by atoms with Gasteiger partial charge in [0, 0.05) is 38.5 Å². The van der Waals surface area contributed by atoms with Crippen LogP contribution in [0.25, 0.3) is 32.2 Å². The van der Waals surface area contributed by atoms with Crippen LogP contribution in [0.5, 0.6) is 0 Å². The maximum absolute atomic E-state index is 12.9. The second kappa shape index (κ2) is 6.07. The highest BCUT2D eigenvalue weighted by atomic mass is 32.1. The molecule has 0 radical (unpaired) electrons. The Kier molecular flexibility index (Phi) is 3.47. The zero-order valence-electron chi connectivity index (χ0n) is 15.0. The van der Waals surface area contributed by atoms with E-state index in [0.717, 1.165) is 31.0 Å². The molecule has 29 heavy (non-hydrogen) atoms. The minimum absolute atomic E-state index is 0.191. The van der Waals surface area contributed by atoms with Crippen LogP contribution in [0.4, 0.5) is 0 Å². The van der Waals surface area contributed by atoms with Gasteiger partial charge in [0.25, 0.3) is 0 Å². The van der Waals surface area contributed by atoms with Crippen LogP contribution in [0, 0.1) is 0 Å². The molecule has 0 bridgehead atoms. The summed E-state index contributed by atoms with van der Waals surface area (Å²) in [5.74, 6) is -0.385. The molecule has 6 rings (SSSR count). The minimum atomic E-state index is -0.193. The molecule has 1 aromatic carbocycles. The lowest BCUT2D eigenvalue weighted by Gasteiger charge is -1.99. The van der Waals surface area contributed by atoms with E-state index in [1.165, 1.54) is 11.3 Å². The summed E-state index contributed by atoms with van der Waals surface area (Å²) < 4.78 is 3.04. The van der Waals surface area contributed by atoms with E-state index < -0.39 is 0 Å². The first kappa shape index (κ1) is 16.6. The molecule has 0 saturated carbocycles. The van der Waals surface area contributed by atoms with Crippen LogP contribution in [0.2, 0.25) is 0 Å². The highest BCUT2D eigenvalue weighted by molar-refractivity contribution is 7.17. The standard InChI is InChI=1S/C23H12N2O2S2/c26-21-16-10-14-6-9-28-19(14)12-17(16)22(27)18(21)11-15-3-4-20(29-15)25-8-5-13-2-1-7-24-23(13)25/h1-12H/b18-11-. The maximum atomic E-state index is 12.9. The van der Waals surface area contributed by atoms with E-state index in [9.17, 15) is 9.59 Å². The van der Waals surface area contributed by atoms with Crippen molar-refractivity contribution < 1.29 is 9.59 Å². The lowest BCUT2D eigenvalue weighted by atomic mass is 10.1. The number of rotatable bonds is 2. The van der Waals surface area contributed by atoms with Gasteiger partial charge in [-0.3, -0.25) is 14.2 Å². The topological polar surface area (TPSA) is 52.0 Å². The van der Waals surface area contributed by atoms with Crippen LogP contribution in [-0.4, -0.2) is 21.1 Å². The predicted octanol–water partition coefficient (Wildman–Crippen LogP) is 5.76. The molecule has 1 aliphatic rings. The average molecular weight is 412 g/mol. The first-order valence-electron chi connectivity index (χ1n) is 9.04. The molecule has 0 unspecified atom stereocenters. The van der Waals surface area contributed by atoms with E-state index in [2.05, 4.69) is 4.98 Å². The molecular weight excluding hydrogens is 400 g/mol. The van der Waals surface area contributed by atoms with Gasteiger partial charge in [0.2, 0.25) is 0 Å². The van der Waals surface area contributed by atoms with E-state index in [4.69, 9.17) is 0 Å². The molecule has 0 saturated heterocycles. The van der Waals surface area contributed by atoms with E-state index in [1.54, 1.807) is 23.6 Å². The van der Waals surface area contributed by atoms with Gasteiger partial charge in [-0.2, -0.15) is 0 Å². The zero-order chi connectivity index (χ0) is 19.5. The molecule has 4 heterocycles. The van der Waals surface area contributed by atoms with Gasteiger partial charge < -0.3 is 0 Å². The third-order valence-electron chi connectivity index (χ3n) is 5.16. The molecule has 0 amide bonds. The van der Waals surface area contributed by atoms with Gasteiger partial charge in [-0.05, 0) is 65.4 Å². The van der Waals surface area contributed by atoms with Crippen LogP contribution in [0.1, 0.15) is 25.6 Å². The first-order valence-corrected chi connectivity index (χ1v) is 10.7. The monoisotopic (exact) mass is 412 g/mol. The molecule has 6 heteroatoms.